The van der Waals surface area contributed by atoms with Crippen molar-refractivity contribution in [3.05, 3.63) is 0 Å². The van der Waals surface area contributed by atoms with Gasteiger partial charge in [0.25, 0.3) is 0 Å². The Morgan fingerprint density at radius 1 is 0.667 bits per heavy atom. The molecule has 12 heteroatoms. The summed E-state index contributed by atoms with van der Waals surface area (Å²) < 4.78 is 15.3. The molecule has 8 N–H and O–H groups in total. The molecule has 1 unspecified atom stereocenters. The van der Waals surface area contributed by atoms with E-state index < -0.39 is 74.6 Å². The topological polar surface area (TPSA) is 190 Å². The molecule has 2 saturated heterocycles. The zero-order chi connectivity index (χ0) is 17.3. The van der Waals surface area contributed by atoms with Gasteiger partial charge in [-0.1, -0.05) is 0 Å². The molecule has 2 aliphatic heterocycles. The Balaban J connectivity index is 0.00000288. The van der Waals surface area contributed by atoms with Crippen molar-refractivity contribution < 1.29 is 55.1 Å². The third-order valence-corrected chi connectivity index (χ3v) is 3.98. The summed E-state index contributed by atoms with van der Waals surface area (Å²) in [5.74, 6) is 0. The van der Waals surface area contributed by atoms with Gasteiger partial charge in [0.2, 0.25) is 0 Å². The van der Waals surface area contributed by atoms with Crippen molar-refractivity contribution in [1.29, 1.82) is 0 Å². The van der Waals surface area contributed by atoms with Crippen LogP contribution in [0.2, 0.25) is 0 Å². The smallest absolute Gasteiger partial charge is 0.187 e. The third-order valence-electron chi connectivity index (χ3n) is 3.98. The third kappa shape index (κ3) is 4.36. The van der Waals surface area contributed by atoms with Crippen LogP contribution in [0.4, 0.5) is 0 Å². The molecule has 4 radical (unpaired) electrons. The Bertz CT molecular complexity index is 384. The van der Waals surface area contributed by atoms with E-state index in [2.05, 4.69) is 0 Å². The van der Waals surface area contributed by atoms with Gasteiger partial charge in [0.1, 0.15) is 48.8 Å². The van der Waals surface area contributed by atoms with Crippen molar-refractivity contribution >= 4 is 23.9 Å². The van der Waals surface area contributed by atoms with Gasteiger partial charge in [-0.2, -0.15) is 0 Å². The predicted octanol–water partition coefficient (Wildman–Crippen LogP) is -5.78. The van der Waals surface area contributed by atoms with Gasteiger partial charge in [-0.15, -0.1) is 0 Å². The molecule has 2 heterocycles. The summed E-state index contributed by atoms with van der Waals surface area (Å²) in [6.45, 7) is -1.35. The first kappa shape index (κ1) is 22.4. The first-order valence-corrected chi connectivity index (χ1v) is 7.08. The Labute approximate surface area is 154 Å². The minimum absolute atomic E-state index is 0. The molecule has 0 aromatic rings. The van der Waals surface area contributed by atoms with Gasteiger partial charge in [-0.25, -0.2) is 0 Å². The molecule has 10 atom stereocenters. The average Bonchev–Trinajstić information content (AvgIpc) is 2.55. The van der Waals surface area contributed by atoms with Gasteiger partial charge in [0.05, 0.1) is 13.2 Å². The van der Waals surface area contributed by atoms with Crippen molar-refractivity contribution in [3.63, 3.8) is 0 Å². The van der Waals surface area contributed by atoms with Gasteiger partial charge in [-0.05, 0) is 0 Å². The molecule has 0 saturated carbocycles. The van der Waals surface area contributed by atoms with Gasteiger partial charge >= 0.3 is 0 Å². The first-order valence-electron chi connectivity index (χ1n) is 7.08. The monoisotopic (exact) mass is 462 g/mol. The fraction of sp³-hybridized carbons (Fsp3) is 1.00. The molecule has 140 valence electrons. The zero-order valence-corrected chi connectivity index (χ0v) is 15.3. The molecule has 0 aliphatic carbocycles. The molecule has 24 heavy (non-hydrogen) atoms. The first-order chi connectivity index (χ1) is 10.8. The van der Waals surface area contributed by atoms with Crippen molar-refractivity contribution in [1.82, 2.24) is 0 Å². The molecule has 0 amide bonds. The van der Waals surface area contributed by atoms with E-state index in [0.717, 1.165) is 0 Å². The summed E-state index contributed by atoms with van der Waals surface area (Å²) >= 11 is 0. The van der Waals surface area contributed by atoms with Gasteiger partial charge < -0.3 is 55.1 Å². The second kappa shape index (κ2) is 9.34. The summed E-state index contributed by atoms with van der Waals surface area (Å²) in [5.41, 5.74) is 0. The van der Waals surface area contributed by atoms with Crippen LogP contribution in [0.25, 0.3) is 0 Å². The Morgan fingerprint density at radius 3 is 1.79 bits per heavy atom. The number of aliphatic hydroxyl groups is 8. The summed E-state index contributed by atoms with van der Waals surface area (Å²) in [5, 5.41) is 76.5. The van der Waals surface area contributed by atoms with E-state index in [1.807, 2.05) is 0 Å². The molecule has 0 bridgehead atoms. The van der Waals surface area contributed by atoms with Gasteiger partial charge in [0.15, 0.2) is 12.6 Å². The number of rotatable bonds is 4. The molecule has 0 aromatic carbocycles. The maximum Gasteiger partial charge on any atom is 0.187 e. The molecule has 0 spiro atoms. The van der Waals surface area contributed by atoms with Gasteiger partial charge in [-0.3, -0.25) is 0 Å². The fourth-order valence-electron chi connectivity index (χ4n) is 2.57. The van der Waals surface area contributed by atoms with Crippen LogP contribution >= 0.6 is 0 Å². The standard InChI is InChI=1S/C12H22O11.Sn/c13-1-3-5(15)6(16)9(19)12(22-3)23-10-4(2-14)21-11(20)8(18)7(10)17;/h3-20H,1-2H2;/t3-,4-,5+,6+,7-,8-,9-,10-,11?,12+;/m1./s1. The normalized spacial score (nSPS) is 49.5. The predicted molar refractivity (Wildman–Crippen MR) is 74.4 cm³/mol. The molecular weight excluding hydrogens is 439 g/mol. The Morgan fingerprint density at radius 2 is 1.25 bits per heavy atom. The molecule has 11 nitrogen and oxygen atoms in total. The van der Waals surface area contributed by atoms with Gasteiger partial charge in [0, 0.05) is 23.9 Å². The van der Waals surface area contributed by atoms with Crippen LogP contribution in [-0.2, 0) is 14.2 Å². The summed E-state index contributed by atoms with van der Waals surface area (Å²) in [6, 6.07) is 0. The number of aliphatic hydroxyl groups excluding tert-OH is 8. The molecule has 2 fully saturated rings. The van der Waals surface area contributed by atoms with Crippen molar-refractivity contribution in [2.24, 2.45) is 0 Å². The Hall–Kier alpha value is 0.359. The molecule has 0 aromatic heterocycles. The summed E-state index contributed by atoms with van der Waals surface area (Å²) in [7, 11) is 0. The summed E-state index contributed by atoms with van der Waals surface area (Å²) in [6.07, 6.45) is -15.6. The fourth-order valence-corrected chi connectivity index (χ4v) is 2.57. The van der Waals surface area contributed by atoms with Crippen LogP contribution in [0.3, 0.4) is 0 Å². The van der Waals surface area contributed by atoms with Crippen molar-refractivity contribution in [2.45, 2.75) is 61.4 Å². The number of ether oxygens (including phenoxy) is 3. The average molecular weight is 461 g/mol. The van der Waals surface area contributed by atoms with Crippen LogP contribution in [0.5, 0.6) is 0 Å². The van der Waals surface area contributed by atoms with Crippen LogP contribution < -0.4 is 0 Å². The van der Waals surface area contributed by atoms with Crippen LogP contribution in [0.15, 0.2) is 0 Å². The van der Waals surface area contributed by atoms with E-state index in [0.29, 0.717) is 0 Å². The summed E-state index contributed by atoms with van der Waals surface area (Å²) in [4.78, 5) is 0. The molecular formula is C12H22O11Sn. The molecule has 2 rings (SSSR count). The number of hydrogen-bond acceptors (Lipinski definition) is 11. The van der Waals surface area contributed by atoms with E-state index in [9.17, 15) is 35.7 Å². The Kier molecular flexibility index (Phi) is 8.72. The quantitative estimate of drug-likeness (QED) is 0.186. The van der Waals surface area contributed by atoms with Crippen LogP contribution in [0, 0.1) is 0 Å². The number of hydrogen-bond donors (Lipinski definition) is 8. The maximum absolute atomic E-state index is 9.94. The second-order valence-electron chi connectivity index (χ2n) is 5.53. The zero-order valence-electron chi connectivity index (χ0n) is 12.5. The van der Waals surface area contributed by atoms with E-state index in [-0.39, 0.29) is 23.9 Å². The van der Waals surface area contributed by atoms with E-state index in [1.54, 1.807) is 0 Å². The minimum atomic E-state index is -1.74. The van der Waals surface area contributed by atoms with Crippen LogP contribution in [-0.4, -0.2) is 139 Å². The van der Waals surface area contributed by atoms with Crippen LogP contribution in [0.1, 0.15) is 0 Å². The van der Waals surface area contributed by atoms with E-state index >= 15 is 0 Å². The van der Waals surface area contributed by atoms with E-state index in [1.165, 1.54) is 0 Å². The largest absolute Gasteiger partial charge is 0.394 e. The maximum atomic E-state index is 9.94. The SMILES string of the molecule is OC[C@H]1O[C@@H](O[C@H]2[C@H](O)[C@@H](O)C(O)O[C@@H]2CO)[C@H](O)[C@@H](O)[C@H]1O.[Sn]. The molecule has 2 aliphatic rings. The van der Waals surface area contributed by atoms with E-state index in [4.69, 9.17) is 19.3 Å². The van der Waals surface area contributed by atoms with Crippen molar-refractivity contribution in [3.8, 4) is 0 Å². The van der Waals surface area contributed by atoms with Crippen molar-refractivity contribution in [2.75, 3.05) is 13.2 Å². The second-order valence-corrected chi connectivity index (χ2v) is 5.53. The minimum Gasteiger partial charge on any atom is -0.394 e.